The molecule has 0 spiro atoms. The molecule has 1 aromatic rings. The minimum atomic E-state index is -0.597. The Balaban J connectivity index is 2.11. The van der Waals surface area contributed by atoms with Crippen molar-refractivity contribution in [2.45, 2.75) is 18.9 Å². The fraction of sp³-hybridized carbons (Fsp3) is 0.308. The first-order chi connectivity index (χ1) is 9.61. The zero-order valence-corrected chi connectivity index (χ0v) is 11.2. The standard InChI is InChI=1S/C13H17N5O2/c1-18-11(19)8-7-10(12(18)20)16-13(17-14)15-9-5-3-2-4-6-9/h2-6,10H,7-8,14H2,1H3,(H2,15,16,17). The van der Waals surface area contributed by atoms with Gasteiger partial charge in [0.05, 0.1) is 0 Å². The van der Waals surface area contributed by atoms with Crippen molar-refractivity contribution in [1.82, 2.24) is 10.3 Å². The van der Waals surface area contributed by atoms with Gasteiger partial charge in [-0.25, -0.2) is 10.8 Å². The molecular formula is C13H17N5O2. The van der Waals surface area contributed by atoms with E-state index in [1.165, 1.54) is 7.05 Å². The van der Waals surface area contributed by atoms with Gasteiger partial charge in [0.15, 0.2) is 0 Å². The SMILES string of the molecule is CN1C(=O)CCC(N=C(NN)Nc2ccccc2)C1=O. The Morgan fingerprint density at radius 1 is 1.35 bits per heavy atom. The van der Waals surface area contributed by atoms with E-state index in [0.29, 0.717) is 12.8 Å². The topological polar surface area (TPSA) is 99.8 Å². The molecule has 1 saturated heterocycles. The van der Waals surface area contributed by atoms with Gasteiger partial charge in [-0.3, -0.25) is 19.9 Å². The highest BCUT2D eigenvalue weighted by molar-refractivity contribution is 6.02. The smallest absolute Gasteiger partial charge is 0.253 e. The summed E-state index contributed by atoms with van der Waals surface area (Å²) >= 11 is 0. The number of likely N-dealkylation sites (N-methyl/N-ethyl adjacent to an activating group) is 1. The molecule has 106 valence electrons. The van der Waals surface area contributed by atoms with Crippen LogP contribution in [-0.2, 0) is 9.59 Å². The van der Waals surface area contributed by atoms with Crippen LogP contribution >= 0.6 is 0 Å². The number of hydrogen-bond donors (Lipinski definition) is 3. The summed E-state index contributed by atoms with van der Waals surface area (Å²) in [6.45, 7) is 0. The normalized spacial score (nSPS) is 20.0. The molecule has 0 aromatic heterocycles. The van der Waals surface area contributed by atoms with Crippen LogP contribution in [0.4, 0.5) is 5.69 Å². The number of rotatable bonds is 2. The lowest BCUT2D eigenvalue weighted by Gasteiger charge is -2.25. The van der Waals surface area contributed by atoms with Crippen LogP contribution in [0.1, 0.15) is 12.8 Å². The number of carbonyl (C=O) groups is 2. The lowest BCUT2D eigenvalue weighted by molar-refractivity contribution is -0.147. The molecule has 1 unspecified atom stereocenters. The van der Waals surface area contributed by atoms with Gasteiger partial charge in [-0.15, -0.1) is 0 Å². The number of likely N-dealkylation sites (tertiary alicyclic amines) is 1. The maximum atomic E-state index is 11.9. The summed E-state index contributed by atoms with van der Waals surface area (Å²) in [7, 11) is 1.46. The van der Waals surface area contributed by atoms with Crippen molar-refractivity contribution in [2.24, 2.45) is 10.8 Å². The molecular weight excluding hydrogens is 258 g/mol. The molecule has 1 aliphatic heterocycles. The van der Waals surface area contributed by atoms with Crippen LogP contribution in [0.5, 0.6) is 0 Å². The quantitative estimate of drug-likeness (QED) is 0.233. The van der Waals surface area contributed by atoms with Gasteiger partial charge in [-0.1, -0.05) is 18.2 Å². The second kappa shape index (κ2) is 6.16. The molecule has 1 atom stereocenters. The van der Waals surface area contributed by atoms with Crippen LogP contribution in [0, 0.1) is 0 Å². The number of imide groups is 1. The predicted molar refractivity (Wildman–Crippen MR) is 75.6 cm³/mol. The maximum absolute atomic E-state index is 11.9. The average molecular weight is 275 g/mol. The Labute approximate surface area is 116 Å². The summed E-state index contributed by atoms with van der Waals surface area (Å²) < 4.78 is 0. The molecule has 1 heterocycles. The fourth-order valence-corrected chi connectivity index (χ4v) is 1.94. The van der Waals surface area contributed by atoms with Crippen molar-refractivity contribution in [3.05, 3.63) is 30.3 Å². The van der Waals surface area contributed by atoms with Crippen LogP contribution < -0.4 is 16.6 Å². The van der Waals surface area contributed by atoms with E-state index in [1.54, 1.807) is 0 Å². The van der Waals surface area contributed by atoms with E-state index in [4.69, 9.17) is 5.84 Å². The number of hydrazine groups is 1. The minimum Gasteiger partial charge on any atom is -0.325 e. The van der Waals surface area contributed by atoms with Crippen LogP contribution in [0.15, 0.2) is 35.3 Å². The van der Waals surface area contributed by atoms with E-state index in [9.17, 15) is 9.59 Å². The summed E-state index contributed by atoms with van der Waals surface area (Å²) in [6, 6.07) is 8.74. The number of nitrogens with one attached hydrogen (secondary N) is 2. The molecule has 7 nitrogen and oxygen atoms in total. The van der Waals surface area contributed by atoms with Gasteiger partial charge in [0.1, 0.15) is 6.04 Å². The van der Waals surface area contributed by atoms with E-state index >= 15 is 0 Å². The third-order valence-corrected chi connectivity index (χ3v) is 3.08. The van der Waals surface area contributed by atoms with Crippen LogP contribution in [0.3, 0.4) is 0 Å². The zero-order chi connectivity index (χ0) is 14.5. The molecule has 0 radical (unpaired) electrons. The lowest BCUT2D eigenvalue weighted by atomic mass is 10.1. The first-order valence-corrected chi connectivity index (χ1v) is 6.28. The van der Waals surface area contributed by atoms with Crippen molar-refractivity contribution in [3.63, 3.8) is 0 Å². The summed E-state index contributed by atoms with van der Waals surface area (Å²) in [5.74, 6) is 5.20. The maximum Gasteiger partial charge on any atom is 0.253 e. The molecule has 1 aliphatic rings. The van der Waals surface area contributed by atoms with E-state index in [2.05, 4.69) is 15.7 Å². The number of aliphatic imine (C=N–C) groups is 1. The van der Waals surface area contributed by atoms with Gasteiger partial charge in [0, 0.05) is 19.2 Å². The highest BCUT2D eigenvalue weighted by Crippen LogP contribution is 2.15. The first kappa shape index (κ1) is 14.0. The molecule has 4 N–H and O–H groups in total. The number of anilines is 1. The molecule has 0 saturated carbocycles. The first-order valence-electron chi connectivity index (χ1n) is 6.28. The van der Waals surface area contributed by atoms with Gasteiger partial charge in [0.25, 0.3) is 5.91 Å². The Morgan fingerprint density at radius 3 is 2.70 bits per heavy atom. The van der Waals surface area contributed by atoms with Gasteiger partial charge in [-0.05, 0) is 18.6 Å². The van der Waals surface area contributed by atoms with Crippen molar-refractivity contribution < 1.29 is 9.59 Å². The van der Waals surface area contributed by atoms with E-state index in [1.807, 2.05) is 30.3 Å². The van der Waals surface area contributed by atoms with Crippen molar-refractivity contribution in [3.8, 4) is 0 Å². The van der Waals surface area contributed by atoms with Crippen LogP contribution in [0.25, 0.3) is 0 Å². The average Bonchev–Trinajstić information content (AvgIpc) is 2.48. The van der Waals surface area contributed by atoms with Gasteiger partial charge >= 0.3 is 0 Å². The number of carbonyl (C=O) groups excluding carboxylic acids is 2. The minimum absolute atomic E-state index is 0.181. The highest BCUT2D eigenvalue weighted by atomic mass is 16.2. The summed E-state index contributed by atoms with van der Waals surface area (Å²) in [5, 5.41) is 2.98. The van der Waals surface area contributed by atoms with Gasteiger partial charge in [-0.2, -0.15) is 0 Å². The number of guanidine groups is 1. The molecule has 0 bridgehead atoms. The second-order valence-corrected chi connectivity index (χ2v) is 4.46. The molecule has 7 heteroatoms. The lowest BCUT2D eigenvalue weighted by Crippen LogP contribution is -2.46. The summed E-state index contributed by atoms with van der Waals surface area (Å²) in [5.41, 5.74) is 3.23. The third kappa shape index (κ3) is 3.12. The number of para-hydroxylation sites is 1. The number of hydrogen-bond acceptors (Lipinski definition) is 4. The number of nitrogens with zero attached hydrogens (tertiary/aromatic N) is 2. The molecule has 20 heavy (non-hydrogen) atoms. The zero-order valence-electron chi connectivity index (χ0n) is 11.2. The van der Waals surface area contributed by atoms with Crippen molar-refractivity contribution in [2.75, 3.05) is 12.4 Å². The molecule has 2 amide bonds. The fourth-order valence-electron chi connectivity index (χ4n) is 1.94. The summed E-state index contributed by atoms with van der Waals surface area (Å²) in [4.78, 5) is 28.7. The Kier molecular flexibility index (Phi) is 4.31. The van der Waals surface area contributed by atoms with E-state index in [0.717, 1.165) is 10.6 Å². The predicted octanol–water partition coefficient (Wildman–Crippen LogP) is 0.0652. The van der Waals surface area contributed by atoms with E-state index < -0.39 is 6.04 Å². The molecule has 0 aliphatic carbocycles. The van der Waals surface area contributed by atoms with Gasteiger partial charge < -0.3 is 5.32 Å². The van der Waals surface area contributed by atoms with Crippen LogP contribution in [-0.4, -0.2) is 35.8 Å². The Morgan fingerprint density at radius 2 is 2.05 bits per heavy atom. The molecule has 1 aromatic carbocycles. The number of amides is 2. The number of nitrogens with two attached hydrogens (primary N) is 1. The molecule has 1 fully saturated rings. The Bertz CT molecular complexity index is 529. The highest BCUT2D eigenvalue weighted by Gasteiger charge is 2.31. The molecule has 2 rings (SSSR count). The second-order valence-electron chi connectivity index (χ2n) is 4.46. The third-order valence-electron chi connectivity index (χ3n) is 3.08. The van der Waals surface area contributed by atoms with Gasteiger partial charge in [0.2, 0.25) is 11.9 Å². The summed E-state index contributed by atoms with van der Waals surface area (Å²) in [6.07, 6.45) is 0.698. The number of benzene rings is 1. The van der Waals surface area contributed by atoms with Crippen LogP contribution in [0.2, 0.25) is 0 Å². The monoisotopic (exact) mass is 275 g/mol. The largest absolute Gasteiger partial charge is 0.325 e. The van der Waals surface area contributed by atoms with Crippen molar-refractivity contribution in [1.29, 1.82) is 0 Å². The van der Waals surface area contributed by atoms with Crippen molar-refractivity contribution >= 4 is 23.5 Å². The number of piperidine rings is 1. The Hall–Kier alpha value is -2.41. The van der Waals surface area contributed by atoms with E-state index in [-0.39, 0.29) is 17.8 Å².